The maximum absolute atomic E-state index is 2.49. The van der Waals surface area contributed by atoms with E-state index in [4.69, 9.17) is 0 Å². The SMILES string of the molecule is Cc1cccc2c1-c1ccc(N(c3ccc4ccccc4c3-c3ccccc3)c3cccc4ccccc34)cc1C2(C)C. The second kappa shape index (κ2) is 9.71. The minimum absolute atomic E-state index is 0.0945. The van der Waals surface area contributed by atoms with Gasteiger partial charge in [0.2, 0.25) is 0 Å². The summed E-state index contributed by atoms with van der Waals surface area (Å²) in [4.78, 5) is 2.49. The van der Waals surface area contributed by atoms with Crippen LogP contribution >= 0.6 is 0 Å². The van der Waals surface area contributed by atoms with Crippen molar-refractivity contribution in [3.8, 4) is 22.3 Å². The lowest BCUT2D eigenvalue weighted by Gasteiger charge is -2.31. The molecule has 43 heavy (non-hydrogen) atoms. The summed E-state index contributed by atoms with van der Waals surface area (Å²) in [6.07, 6.45) is 0. The molecule has 7 aromatic rings. The molecule has 1 heteroatoms. The molecule has 0 amide bonds. The third kappa shape index (κ3) is 3.92. The molecule has 0 saturated heterocycles. The Hall–Kier alpha value is -5.14. The van der Waals surface area contributed by atoms with Crippen molar-refractivity contribution >= 4 is 38.6 Å². The molecular formula is C42H33N. The first-order chi connectivity index (χ1) is 21.0. The Morgan fingerprint density at radius 1 is 0.488 bits per heavy atom. The first kappa shape index (κ1) is 25.6. The third-order valence-electron chi connectivity index (χ3n) is 9.37. The van der Waals surface area contributed by atoms with Crippen molar-refractivity contribution in [2.45, 2.75) is 26.2 Å². The van der Waals surface area contributed by atoms with Crippen LogP contribution in [0.1, 0.15) is 30.5 Å². The van der Waals surface area contributed by atoms with Crippen LogP contribution in [0.5, 0.6) is 0 Å². The average Bonchev–Trinajstić information content (AvgIpc) is 3.28. The molecule has 0 fully saturated rings. The minimum atomic E-state index is -0.0945. The molecule has 0 spiro atoms. The van der Waals surface area contributed by atoms with Crippen molar-refractivity contribution < 1.29 is 0 Å². The van der Waals surface area contributed by atoms with Gasteiger partial charge in [0, 0.05) is 22.1 Å². The number of hydrogen-bond donors (Lipinski definition) is 0. The van der Waals surface area contributed by atoms with Gasteiger partial charge >= 0.3 is 0 Å². The van der Waals surface area contributed by atoms with Crippen LogP contribution < -0.4 is 4.90 Å². The fourth-order valence-electron chi connectivity index (χ4n) is 7.26. The van der Waals surface area contributed by atoms with Gasteiger partial charge in [-0.1, -0.05) is 135 Å². The first-order valence-corrected chi connectivity index (χ1v) is 15.1. The molecule has 0 atom stereocenters. The van der Waals surface area contributed by atoms with E-state index in [0.717, 1.165) is 0 Å². The number of anilines is 3. The van der Waals surface area contributed by atoms with E-state index in [0.29, 0.717) is 0 Å². The van der Waals surface area contributed by atoms with E-state index < -0.39 is 0 Å². The van der Waals surface area contributed by atoms with Crippen LogP contribution in [0, 0.1) is 6.92 Å². The van der Waals surface area contributed by atoms with Crippen molar-refractivity contribution in [1.29, 1.82) is 0 Å². The van der Waals surface area contributed by atoms with Crippen LogP contribution in [0.15, 0.2) is 146 Å². The van der Waals surface area contributed by atoms with Gasteiger partial charge in [-0.3, -0.25) is 0 Å². The van der Waals surface area contributed by atoms with E-state index in [9.17, 15) is 0 Å². The summed E-state index contributed by atoms with van der Waals surface area (Å²) >= 11 is 0. The molecule has 8 rings (SSSR count). The lowest BCUT2D eigenvalue weighted by molar-refractivity contribution is 0.660. The van der Waals surface area contributed by atoms with E-state index in [1.807, 2.05) is 0 Å². The summed E-state index contributed by atoms with van der Waals surface area (Å²) in [5.41, 5.74) is 12.7. The number of nitrogens with zero attached hydrogens (tertiary/aromatic N) is 1. The highest BCUT2D eigenvalue weighted by molar-refractivity contribution is 6.08. The van der Waals surface area contributed by atoms with E-state index in [1.54, 1.807) is 0 Å². The van der Waals surface area contributed by atoms with Crippen molar-refractivity contribution in [2.24, 2.45) is 0 Å². The summed E-state index contributed by atoms with van der Waals surface area (Å²) in [5.74, 6) is 0. The third-order valence-corrected chi connectivity index (χ3v) is 9.37. The largest absolute Gasteiger partial charge is 0.309 e. The fourth-order valence-corrected chi connectivity index (χ4v) is 7.26. The zero-order valence-electron chi connectivity index (χ0n) is 24.8. The first-order valence-electron chi connectivity index (χ1n) is 15.1. The lowest BCUT2D eigenvalue weighted by Crippen LogP contribution is -2.17. The molecule has 0 bridgehead atoms. The Balaban J connectivity index is 1.46. The van der Waals surface area contributed by atoms with Crippen LogP contribution in [-0.2, 0) is 5.41 Å². The van der Waals surface area contributed by atoms with E-state index >= 15 is 0 Å². The standard InChI is InChI=1S/C42H33N/c1-28-13-11-21-36-40(28)35-25-24-32(27-37(35)42(36,2)3)43(38-22-12-18-29-14-7-9-19-33(29)38)39-26-23-30-15-8-10-20-34(30)41(39)31-16-5-4-6-17-31/h4-27H,1-3H3. The molecule has 0 aromatic heterocycles. The van der Waals surface area contributed by atoms with E-state index in [-0.39, 0.29) is 5.41 Å². The average molecular weight is 552 g/mol. The highest BCUT2D eigenvalue weighted by atomic mass is 15.1. The molecule has 0 unspecified atom stereocenters. The topological polar surface area (TPSA) is 3.24 Å². The van der Waals surface area contributed by atoms with Gasteiger partial charge in [-0.25, -0.2) is 0 Å². The molecule has 1 aliphatic rings. The highest BCUT2D eigenvalue weighted by Crippen LogP contribution is 2.53. The van der Waals surface area contributed by atoms with Gasteiger partial charge in [0.1, 0.15) is 0 Å². The van der Waals surface area contributed by atoms with Crippen molar-refractivity contribution in [3.63, 3.8) is 0 Å². The lowest BCUT2D eigenvalue weighted by atomic mass is 9.82. The molecule has 0 N–H and O–H groups in total. The summed E-state index contributed by atoms with van der Waals surface area (Å²) in [5, 5.41) is 4.96. The normalized spacial score (nSPS) is 13.2. The van der Waals surface area contributed by atoms with Crippen molar-refractivity contribution in [1.82, 2.24) is 0 Å². The second-order valence-corrected chi connectivity index (χ2v) is 12.2. The Bertz CT molecular complexity index is 2170. The number of benzene rings is 7. The smallest absolute Gasteiger partial charge is 0.0546 e. The quantitative estimate of drug-likeness (QED) is 0.210. The van der Waals surface area contributed by atoms with Crippen LogP contribution in [0.4, 0.5) is 17.1 Å². The van der Waals surface area contributed by atoms with Gasteiger partial charge in [-0.15, -0.1) is 0 Å². The summed E-state index contributed by atoms with van der Waals surface area (Å²) < 4.78 is 0. The van der Waals surface area contributed by atoms with Crippen LogP contribution in [0.3, 0.4) is 0 Å². The zero-order chi connectivity index (χ0) is 29.1. The number of rotatable bonds is 4. The predicted molar refractivity (Wildman–Crippen MR) is 184 cm³/mol. The monoisotopic (exact) mass is 551 g/mol. The van der Waals surface area contributed by atoms with Crippen molar-refractivity contribution in [3.05, 3.63) is 162 Å². The maximum Gasteiger partial charge on any atom is 0.0546 e. The molecule has 1 aliphatic carbocycles. The van der Waals surface area contributed by atoms with Gasteiger partial charge < -0.3 is 4.90 Å². The van der Waals surface area contributed by atoms with Gasteiger partial charge in [-0.2, -0.15) is 0 Å². The molecule has 0 saturated carbocycles. The van der Waals surface area contributed by atoms with Crippen LogP contribution in [0.25, 0.3) is 43.8 Å². The predicted octanol–water partition coefficient (Wildman–Crippen LogP) is 11.7. The summed E-state index contributed by atoms with van der Waals surface area (Å²) in [6, 6.07) is 53.4. The Morgan fingerprint density at radius 3 is 1.98 bits per heavy atom. The van der Waals surface area contributed by atoms with Crippen molar-refractivity contribution in [2.75, 3.05) is 4.90 Å². The maximum atomic E-state index is 2.49. The number of hydrogen-bond acceptors (Lipinski definition) is 1. The summed E-state index contributed by atoms with van der Waals surface area (Å²) in [7, 11) is 0. The molecule has 0 radical (unpaired) electrons. The Morgan fingerprint density at radius 2 is 1.16 bits per heavy atom. The highest BCUT2D eigenvalue weighted by Gasteiger charge is 2.37. The van der Waals surface area contributed by atoms with Crippen LogP contribution in [0.2, 0.25) is 0 Å². The number of fused-ring (bicyclic) bond motifs is 5. The van der Waals surface area contributed by atoms with E-state index in [1.165, 1.54) is 77.6 Å². The minimum Gasteiger partial charge on any atom is -0.309 e. The molecule has 0 aliphatic heterocycles. The van der Waals surface area contributed by atoms with Gasteiger partial charge in [0.15, 0.2) is 0 Å². The van der Waals surface area contributed by atoms with Crippen LogP contribution in [-0.4, -0.2) is 0 Å². The zero-order valence-corrected chi connectivity index (χ0v) is 24.8. The van der Waals surface area contributed by atoms with Gasteiger partial charge in [-0.05, 0) is 80.7 Å². The molecule has 7 aromatic carbocycles. The fraction of sp³-hybridized carbons (Fsp3) is 0.0952. The molecule has 1 nitrogen and oxygen atoms in total. The van der Waals surface area contributed by atoms with Gasteiger partial charge in [0.25, 0.3) is 0 Å². The molecule has 206 valence electrons. The Kier molecular flexibility index (Phi) is 5.77. The van der Waals surface area contributed by atoms with Gasteiger partial charge in [0.05, 0.1) is 11.4 Å². The second-order valence-electron chi connectivity index (χ2n) is 12.2. The number of aryl methyl sites for hydroxylation is 1. The Labute approximate surface area is 253 Å². The molecular weight excluding hydrogens is 518 g/mol. The summed E-state index contributed by atoms with van der Waals surface area (Å²) in [6.45, 7) is 6.98. The molecule has 0 heterocycles. The van der Waals surface area contributed by atoms with E-state index in [2.05, 4.69) is 171 Å².